The molecule has 0 radical (unpaired) electrons. The largest absolute Gasteiger partial charge is 0.435 e. The first-order valence-electron chi connectivity index (χ1n) is 29.9. The van der Waals surface area contributed by atoms with Gasteiger partial charge in [0.1, 0.15) is 6.10 Å². The quantitative estimate of drug-likeness (QED) is 0.0613. The molecule has 0 N–H and O–H groups in total. The van der Waals surface area contributed by atoms with Crippen molar-refractivity contribution in [3.8, 4) is 0 Å². The number of hydrogen-bond donors (Lipinski definition) is 0. The standard InChI is InChI=1S/C55H103F9O25/c1-3-4-88-51(50-89-52(53(56,57)58,54(59,60)61)55(62,63)64)49-87-48-47-86-46-45-85-44-43-84-42-41-83-40-39-82-38-37-81-36-35-80-34-33-79-32-31-78-30-29-77-28-27-76-26-25-75-24-23-74-22-21-73-20-19-72-18-17-71-16-15-70-14-13-69-12-11-68-10-9-67-8-7-66-6-5-65-2/h51H,3-50H2,1-2H3. The molecule has 25 nitrogen and oxygen atoms in total. The van der Waals surface area contributed by atoms with Crippen molar-refractivity contribution in [1.82, 2.24) is 0 Å². The molecule has 0 aromatic heterocycles. The molecule has 89 heavy (non-hydrogen) atoms. The molecule has 536 valence electrons. The van der Waals surface area contributed by atoms with Gasteiger partial charge >= 0.3 is 24.1 Å². The summed E-state index contributed by atoms with van der Waals surface area (Å²) in [5, 5.41) is 0. The van der Waals surface area contributed by atoms with Crippen LogP contribution in [0.5, 0.6) is 0 Å². The maximum Gasteiger partial charge on any atom is 0.435 e. The second-order valence-electron chi connectivity index (χ2n) is 17.9. The van der Waals surface area contributed by atoms with Crippen LogP contribution in [0.4, 0.5) is 39.5 Å². The van der Waals surface area contributed by atoms with Gasteiger partial charge in [0.2, 0.25) is 0 Å². The van der Waals surface area contributed by atoms with Crippen LogP contribution in [0.25, 0.3) is 0 Å². The van der Waals surface area contributed by atoms with Gasteiger partial charge < -0.3 is 118 Å². The smallest absolute Gasteiger partial charge is 0.382 e. The van der Waals surface area contributed by atoms with Gasteiger partial charge in [-0.05, 0) is 6.42 Å². The van der Waals surface area contributed by atoms with E-state index in [9.17, 15) is 39.5 Å². The normalized spacial score (nSPS) is 13.0. The lowest BCUT2D eigenvalue weighted by atomic mass is 10.0. The molecule has 0 aromatic rings. The van der Waals surface area contributed by atoms with E-state index in [0.717, 1.165) is 0 Å². The lowest BCUT2D eigenvalue weighted by Crippen LogP contribution is -2.68. The lowest BCUT2D eigenvalue weighted by molar-refractivity contribution is -0.459. The Kier molecular flexibility index (Phi) is 63.9. The van der Waals surface area contributed by atoms with Crippen LogP contribution in [0.1, 0.15) is 13.3 Å². The van der Waals surface area contributed by atoms with Crippen molar-refractivity contribution in [1.29, 1.82) is 0 Å². The summed E-state index contributed by atoms with van der Waals surface area (Å²) >= 11 is 0. The first-order valence-corrected chi connectivity index (χ1v) is 29.9. The Morgan fingerprint density at radius 2 is 0.371 bits per heavy atom. The fourth-order valence-electron chi connectivity index (χ4n) is 6.35. The summed E-state index contributed by atoms with van der Waals surface area (Å²) in [4.78, 5) is 0. The highest BCUT2D eigenvalue weighted by atomic mass is 19.4. The number of halogens is 9. The van der Waals surface area contributed by atoms with Gasteiger partial charge in [-0.25, -0.2) is 0 Å². The van der Waals surface area contributed by atoms with Crippen LogP contribution >= 0.6 is 0 Å². The van der Waals surface area contributed by atoms with Gasteiger partial charge in [0, 0.05) is 13.7 Å². The zero-order valence-electron chi connectivity index (χ0n) is 52.1. The lowest BCUT2D eigenvalue weighted by Gasteiger charge is -2.38. The monoisotopic (exact) mass is 1330 g/mol. The van der Waals surface area contributed by atoms with Gasteiger partial charge in [-0.1, -0.05) is 6.92 Å². The molecule has 0 aliphatic heterocycles. The fourth-order valence-corrected chi connectivity index (χ4v) is 6.35. The molecule has 0 saturated heterocycles. The topological polar surface area (TPSA) is 231 Å². The summed E-state index contributed by atoms with van der Waals surface area (Å²) in [6.45, 7) is 16.9. The van der Waals surface area contributed by atoms with E-state index < -0.39 is 43.4 Å². The van der Waals surface area contributed by atoms with E-state index in [-0.39, 0.29) is 52.7 Å². The number of alkyl halides is 9. The van der Waals surface area contributed by atoms with Crippen molar-refractivity contribution in [2.24, 2.45) is 0 Å². The first-order chi connectivity index (χ1) is 43.2. The van der Waals surface area contributed by atoms with E-state index in [1.54, 1.807) is 14.0 Å². The van der Waals surface area contributed by atoms with Crippen molar-refractivity contribution in [2.45, 2.75) is 43.6 Å². The fraction of sp³-hybridized carbons (Fsp3) is 1.00. The van der Waals surface area contributed by atoms with E-state index in [1.807, 2.05) is 0 Å². The van der Waals surface area contributed by atoms with Gasteiger partial charge in [-0.2, -0.15) is 39.5 Å². The number of ether oxygens (including phenoxy) is 25. The summed E-state index contributed by atoms with van der Waals surface area (Å²) < 4.78 is 252. The second-order valence-corrected chi connectivity index (χ2v) is 17.9. The number of hydrogen-bond acceptors (Lipinski definition) is 25. The Hall–Kier alpha value is -1.63. The number of rotatable bonds is 74. The minimum atomic E-state index is -6.85. The highest BCUT2D eigenvalue weighted by Crippen LogP contribution is 2.55. The average Bonchev–Trinajstić information content (AvgIpc) is 0.826. The Labute approximate surface area is 518 Å². The SMILES string of the molecule is CCCOC(COCCOCCOCCOCCOCCOCCOCCOCCOCCOCCOCCOCCOCCOCCOCCOCCOCCOCCOCCOCCOCCOCCOC)COC(C(F)(F)F)(C(F)(F)F)C(F)(F)F. The highest BCUT2D eigenvalue weighted by molar-refractivity contribution is 5.02. The molecule has 0 aliphatic carbocycles. The molecule has 34 heteroatoms. The third-order valence-electron chi connectivity index (χ3n) is 10.8. The molecule has 0 rings (SSSR count). The van der Waals surface area contributed by atoms with E-state index in [4.69, 9.17) is 114 Å². The first kappa shape index (κ1) is 87.4. The van der Waals surface area contributed by atoms with Crippen molar-refractivity contribution < 1.29 is 158 Å². The second kappa shape index (κ2) is 65.1. The van der Waals surface area contributed by atoms with Crippen LogP contribution in [-0.2, 0) is 118 Å². The van der Waals surface area contributed by atoms with Crippen molar-refractivity contribution in [3.63, 3.8) is 0 Å². The Balaban J connectivity index is 3.31. The molecule has 0 bridgehead atoms. The van der Waals surface area contributed by atoms with Crippen LogP contribution in [0.2, 0.25) is 0 Å². The molecule has 0 fully saturated rings. The van der Waals surface area contributed by atoms with Gasteiger partial charge in [-0.15, -0.1) is 0 Å². The molecular formula is C55H103F9O25. The molecule has 0 aliphatic rings. The minimum absolute atomic E-state index is 0.0609. The summed E-state index contributed by atoms with van der Waals surface area (Å²) in [5.74, 6) is 0. The van der Waals surface area contributed by atoms with Crippen LogP contribution in [0, 0.1) is 0 Å². The van der Waals surface area contributed by atoms with Crippen molar-refractivity contribution in [2.75, 3.05) is 318 Å². The van der Waals surface area contributed by atoms with Gasteiger partial charge in [0.15, 0.2) is 0 Å². The van der Waals surface area contributed by atoms with Gasteiger partial charge in [0.25, 0.3) is 0 Å². The molecule has 1 atom stereocenters. The molecule has 0 heterocycles. The maximum atomic E-state index is 13.2. The third kappa shape index (κ3) is 56.4. The summed E-state index contributed by atoms with van der Waals surface area (Å²) in [6.07, 6.45) is -21.9. The van der Waals surface area contributed by atoms with E-state index in [1.165, 1.54) is 0 Å². The molecular weight excluding hydrogens is 1230 g/mol. The molecule has 0 amide bonds. The summed E-state index contributed by atoms with van der Waals surface area (Å²) in [7, 11) is 1.63. The Morgan fingerprint density at radius 3 is 0.517 bits per heavy atom. The maximum absolute atomic E-state index is 13.2. The molecule has 0 spiro atoms. The van der Waals surface area contributed by atoms with E-state index in [2.05, 4.69) is 4.74 Å². The van der Waals surface area contributed by atoms with Gasteiger partial charge in [0.05, 0.1) is 304 Å². The zero-order chi connectivity index (χ0) is 65.2. The predicted molar refractivity (Wildman–Crippen MR) is 297 cm³/mol. The molecule has 1 unspecified atom stereocenters. The highest BCUT2D eigenvalue weighted by Gasteiger charge is 2.85. The van der Waals surface area contributed by atoms with Crippen LogP contribution in [0.15, 0.2) is 0 Å². The summed E-state index contributed by atoms with van der Waals surface area (Å²) in [6, 6.07) is 0. The average molecular weight is 1340 g/mol. The number of methoxy groups -OCH3 is 1. The van der Waals surface area contributed by atoms with Gasteiger partial charge in [-0.3, -0.25) is 0 Å². The van der Waals surface area contributed by atoms with Crippen molar-refractivity contribution in [3.05, 3.63) is 0 Å². The van der Waals surface area contributed by atoms with Crippen LogP contribution < -0.4 is 0 Å². The Morgan fingerprint density at radius 1 is 0.213 bits per heavy atom. The van der Waals surface area contributed by atoms with E-state index >= 15 is 0 Å². The predicted octanol–water partition coefficient (Wildman–Crippen LogP) is 4.24. The molecule has 0 aromatic carbocycles. The molecule has 0 saturated carbocycles. The minimum Gasteiger partial charge on any atom is -0.382 e. The van der Waals surface area contributed by atoms with Crippen LogP contribution in [0.3, 0.4) is 0 Å². The van der Waals surface area contributed by atoms with Crippen LogP contribution in [-0.4, -0.2) is 348 Å². The Bertz CT molecular complexity index is 1380. The zero-order valence-corrected chi connectivity index (χ0v) is 52.1. The van der Waals surface area contributed by atoms with Crippen molar-refractivity contribution >= 4 is 0 Å². The third-order valence-corrected chi connectivity index (χ3v) is 10.8. The summed E-state index contributed by atoms with van der Waals surface area (Å²) in [5.41, 5.74) is -6.40. The van der Waals surface area contributed by atoms with E-state index in [0.29, 0.717) is 251 Å².